The van der Waals surface area contributed by atoms with Crippen LogP contribution in [0.25, 0.3) is 0 Å². The number of rotatable bonds is 1. The summed E-state index contributed by atoms with van der Waals surface area (Å²) in [7, 11) is 0. The molecule has 2 amide bonds. The molecular formula is C8H11NO3. The molecule has 0 radical (unpaired) electrons. The van der Waals surface area contributed by atoms with E-state index < -0.39 is 17.9 Å². The van der Waals surface area contributed by atoms with Crippen LogP contribution in [0.2, 0.25) is 0 Å². The van der Waals surface area contributed by atoms with Gasteiger partial charge in [0.2, 0.25) is 0 Å². The molecular weight excluding hydrogens is 158 g/mol. The average Bonchev–Trinajstić information content (AvgIpc) is 2.32. The quantitative estimate of drug-likeness (QED) is 0.547. The predicted octanol–water partition coefficient (Wildman–Crippen LogP) is -0.318. The van der Waals surface area contributed by atoms with Crippen LogP contribution < -0.4 is 0 Å². The summed E-state index contributed by atoms with van der Waals surface area (Å²) in [6, 6.07) is 0. The topological polar surface area (TPSA) is 57.6 Å². The highest BCUT2D eigenvalue weighted by Gasteiger charge is 2.33. The maximum atomic E-state index is 11.2. The number of aliphatic hydroxyl groups excluding tert-OH is 1. The number of hydrogen-bond donors (Lipinski definition) is 1. The molecule has 0 saturated carbocycles. The number of nitrogens with zero attached hydrogens (tertiary/aromatic N) is 1. The van der Waals surface area contributed by atoms with E-state index in [0.29, 0.717) is 18.5 Å². The molecule has 0 aromatic rings. The van der Waals surface area contributed by atoms with Crippen molar-refractivity contribution in [2.75, 3.05) is 6.54 Å². The molecule has 1 unspecified atom stereocenters. The number of imide groups is 1. The van der Waals surface area contributed by atoms with E-state index in [-0.39, 0.29) is 0 Å². The van der Waals surface area contributed by atoms with Gasteiger partial charge in [-0.25, -0.2) is 0 Å². The molecule has 4 nitrogen and oxygen atoms in total. The van der Waals surface area contributed by atoms with Crippen LogP contribution in [-0.4, -0.2) is 34.5 Å². The minimum absolute atomic E-state index is 0.297. The molecule has 1 aliphatic heterocycles. The van der Waals surface area contributed by atoms with E-state index in [9.17, 15) is 9.59 Å². The van der Waals surface area contributed by atoms with Gasteiger partial charge in [0, 0.05) is 18.5 Å². The van der Waals surface area contributed by atoms with Crippen LogP contribution in [0.15, 0.2) is 12.2 Å². The maximum absolute atomic E-state index is 11.2. The molecule has 1 N–H and O–H groups in total. The second-order valence-corrected chi connectivity index (χ2v) is 2.88. The first-order valence-electron chi connectivity index (χ1n) is 3.73. The van der Waals surface area contributed by atoms with Gasteiger partial charge in [0.15, 0.2) is 0 Å². The van der Waals surface area contributed by atoms with Crippen molar-refractivity contribution in [3.8, 4) is 0 Å². The van der Waals surface area contributed by atoms with Crippen LogP contribution in [0.3, 0.4) is 0 Å². The molecule has 0 aromatic carbocycles. The average molecular weight is 169 g/mol. The van der Waals surface area contributed by atoms with Gasteiger partial charge in [-0.05, 0) is 6.92 Å². The zero-order chi connectivity index (χ0) is 9.30. The van der Waals surface area contributed by atoms with Gasteiger partial charge in [-0.3, -0.25) is 14.5 Å². The lowest BCUT2D eigenvalue weighted by molar-refractivity contribution is -0.143. The van der Waals surface area contributed by atoms with Crippen molar-refractivity contribution in [2.45, 2.75) is 19.4 Å². The Hall–Kier alpha value is -1.16. The van der Waals surface area contributed by atoms with Crippen LogP contribution in [0.5, 0.6) is 0 Å². The van der Waals surface area contributed by atoms with Gasteiger partial charge in [-0.1, -0.05) is 6.58 Å². The number of amides is 2. The van der Waals surface area contributed by atoms with E-state index in [4.69, 9.17) is 5.11 Å². The van der Waals surface area contributed by atoms with Crippen molar-refractivity contribution in [3.63, 3.8) is 0 Å². The summed E-state index contributed by atoms with van der Waals surface area (Å²) >= 11 is 0. The Morgan fingerprint density at radius 2 is 2.33 bits per heavy atom. The number of likely N-dealkylation sites (tertiary alicyclic amines) is 1. The Kier molecular flexibility index (Phi) is 2.28. The fraction of sp³-hybridized carbons (Fsp3) is 0.500. The van der Waals surface area contributed by atoms with Gasteiger partial charge in [0.1, 0.15) is 6.10 Å². The van der Waals surface area contributed by atoms with Gasteiger partial charge in [0.25, 0.3) is 11.8 Å². The van der Waals surface area contributed by atoms with E-state index in [0.717, 1.165) is 4.90 Å². The van der Waals surface area contributed by atoms with Gasteiger partial charge in [0.05, 0.1) is 0 Å². The molecule has 66 valence electrons. The first kappa shape index (κ1) is 8.93. The molecule has 12 heavy (non-hydrogen) atoms. The van der Waals surface area contributed by atoms with Crippen molar-refractivity contribution in [1.82, 2.24) is 4.90 Å². The van der Waals surface area contributed by atoms with Crippen LogP contribution in [0.4, 0.5) is 0 Å². The molecule has 0 aliphatic carbocycles. The lowest BCUT2D eigenvalue weighted by atomic mass is 10.3. The van der Waals surface area contributed by atoms with Crippen molar-refractivity contribution >= 4 is 11.8 Å². The Labute approximate surface area is 70.5 Å². The molecule has 1 heterocycles. The van der Waals surface area contributed by atoms with Crippen LogP contribution >= 0.6 is 0 Å². The fourth-order valence-corrected chi connectivity index (χ4v) is 1.10. The number of aliphatic hydroxyl groups is 1. The smallest absolute Gasteiger partial charge is 0.258 e. The summed E-state index contributed by atoms with van der Waals surface area (Å²) in [5, 5.41) is 9.03. The second-order valence-electron chi connectivity index (χ2n) is 2.88. The molecule has 1 fully saturated rings. The van der Waals surface area contributed by atoms with Crippen molar-refractivity contribution in [1.29, 1.82) is 0 Å². The van der Waals surface area contributed by atoms with E-state index in [2.05, 4.69) is 6.58 Å². The van der Waals surface area contributed by atoms with E-state index >= 15 is 0 Å². The van der Waals surface area contributed by atoms with E-state index in [1.54, 1.807) is 6.92 Å². The molecule has 4 heteroatoms. The SMILES string of the molecule is C=C(C)C(=O)N1CCC(O)C1=O. The minimum Gasteiger partial charge on any atom is -0.383 e. The molecule has 0 aromatic heterocycles. The maximum Gasteiger partial charge on any atom is 0.258 e. The second kappa shape index (κ2) is 3.06. The Morgan fingerprint density at radius 3 is 2.67 bits per heavy atom. The van der Waals surface area contributed by atoms with E-state index in [1.165, 1.54) is 0 Å². The lowest BCUT2D eigenvalue weighted by Crippen LogP contribution is -2.35. The first-order valence-corrected chi connectivity index (χ1v) is 3.73. The van der Waals surface area contributed by atoms with Crippen molar-refractivity contribution in [2.24, 2.45) is 0 Å². The number of carbonyl (C=O) groups excluding carboxylic acids is 2. The molecule has 1 rings (SSSR count). The van der Waals surface area contributed by atoms with Gasteiger partial charge >= 0.3 is 0 Å². The Balaban J connectivity index is 2.72. The van der Waals surface area contributed by atoms with Gasteiger partial charge in [-0.15, -0.1) is 0 Å². The molecule has 1 saturated heterocycles. The normalized spacial score (nSPS) is 23.0. The molecule has 0 spiro atoms. The van der Waals surface area contributed by atoms with Crippen molar-refractivity contribution in [3.05, 3.63) is 12.2 Å². The highest BCUT2D eigenvalue weighted by Crippen LogP contribution is 2.12. The fourth-order valence-electron chi connectivity index (χ4n) is 1.10. The summed E-state index contributed by atoms with van der Waals surface area (Å²) in [5.74, 6) is -0.903. The molecule has 1 aliphatic rings. The van der Waals surface area contributed by atoms with Crippen LogP contribution in [-0.2, 0) is 9.59 Å². The Morgan fingerprint density at radius 1 is 1.75 bits per heavy atom. The first-order chi connectivity index (χ1) is 5.54. The highest BCUT2D eigenvalue weighted by molar-refractivity contribution is 6.05. The third-order valence-corrected chi connectivity index (χ3v) is 1.79. The number of carbonyl (C=O) groups is 2. The summed E-state index contributed by atoms with van der Waals surface area (Å²) in [6.45, 7) is 5.27. The molecule has 1 atom stereocenters. The van der Waals surface area contributed by atoms with Crippen LogP contribution in [0.1, 0.15) is 13.3 Å². The largest absolute Gasteiger partial charge is 0.383 e. The minimum atomic E-state index is -1.01. The Bertz CT molecular complexity index is 247. The standard InChI is InChI=1S/C8H11NO3/c1-5(2)7(11)9-4-3-6(10)8(9)12/h6,10H,1,3-4H2,2H3. The third kappa shape index (κ3) is 1.38. The third-order valence-electron chi connectivity index (χ3n) is 1.79. The highest BCUT2D eigenvalue weighted by atomic mass is 16.3. The van der Waals surface area contributed by atoms with Gasteiger partial charge in [-0.2, -0.15) is 0 Å². The zero-order valence-electron chi connectivity index (χ0n) is 6.91. The number of hydrogen-bond acceptors (Lipinski definition) is 3. The summed E-state index contributed by atoms with van der Waals surface area (Å²) in [4.78, 5) is 23.3. The monoisotopic (exact) mass is 169 g/mol. The lowest BCUT2D eigenvalue weighted by Gasteiger charge is -2.12. The molecule has 0 bridgehead atoms. The summed E-state index contributed by atoms with van der Waals surface area (Å²) in [5.41, 5.74) is 0.317. The van der Waals surface area contributed by atoms with Crippen molar-refractivity contribution < 1.29 is 14.7 Å². The van der Waals surface area contributed by atoms with Crippen LogP contribution in [0, 0.1) is 0 Å². The summed E-state index contributed by atoms with van der Waals surface area (Å²) in [6.07, 6.45) is -0.675. The van der Waals surface area contributed by atoms with Gasteiger partial charge < -0.3 is 5.11 Å². The van der Waals surface area contributed by atoms with E-state index in [1.807, 2.05) is 0 Å². The summed E-state index contributed by atoms with van der Waals surface area (Å²) < 4.78 is 0. The zero-order valence-corrected chi connectivity index (χ0v) is 6.91. The predicted molar refractivity (Wildman–Crippen MR) is 42.2 cm³/mol.